The summed E-state index contributed by atoms with van der Waals surface area (Å²) in [5, 5.41) is 6.86. The second-order valence-electron chi connectivity index (χ2n) is 7.28. The molecule has 0 saturated carbocycles. The van der Waals surface area contributed by atoms with Crippen LogP contribution < -0.4 is 10.6 Å². The van der Waals surface area contributed by atoms with Gasteiger partial charge < -0.3 is 15.5 Å². The van der Waals surface area contributed by atoms with Crippen LogP contribution >= 0.6 is 24.0 Å². The number of nitrogens with zero attached hydrogens (tertiary/aromatic N) is 3. The van der Waals surface area contributed by atoms with E-state index in [2.05, 4.69) is 91.5 Å². The van der Waals surface area contributed by atoms with Gasteiger partial charge in [-0.2, -0.15) is 0 Å². The third-order valence-electron chi connectivity index (χ3n) is 4.26. The summed E-state index contributed by atoms with van der Waals surface area (Å²) in [6.07, 6.45) is 0. The van der Waals surface area contributed by atoms with Gasteiger partial charge in [-0.15, -0.1) is 24.0 Å². The molecule has 0 aliphatic rings. The molecule has 5 nitrogen and oxygen atoms in total. The molecular weight excluding hydrogens is 437 g/mol. The Morgan fingerprint density at radius 2 is 1.58 bits per heavy atom. The number of aliphatic imine (C=N–C) groups is 1. The lowest BCUT2D eigenvalue weighted by molar-refractivity contribution is 0.178. The standard InChI is InChI=1S/C20H37N5.HI/c1-16(2)25(17(3)4)13-12-22-20(21-5)23-14-18-10-8-9-11-19(18)15-24(6)7;/h8-11,16-17H,12-15H2,1-7H3,(H2,21,22,23);1H. The molecule has 1 rings (SSSR count). The number of hydrogen-bond acceptors (Lipinski definition) is 3. The molecule has 0 aliphatic carbocycles. The zero-order chi connectivity index (χ0) is 18.8. The summed E-state index contributed by atoms with van der Waals surface area (Å²) >= 11 is 0. The van der Waals surface area contributed by atoms with Gasteiger partial charge in [-0.1, -0.05) is 24.3 Å². The molecule has 26 heavy (non-hydrogen) atoms. The fourth-order valence-electron chi connectivity index (χ4n) is 3.04. The fraction of sp³-hybridized carbons (Fsp3) is 0.650. The van der Waals surface area contributed by atoms with E-state index in [0.717, 1.165) is 32.1 Å². The Morgan fingerprint density at radius 1 is 1.00 bits per heavy atom. The molecule has 150 valence electrons. The maximum absolute atomic E-state index is 4.35. The number of guanidine groups is 1. The summed E-state index contributed by atoms with van der Waals surface area (Å²) < 4.78 is 0. The van der Waals surface area contributed by atoms with Crippen molar-refractivity contribution in [2.75, 3.05) is 34.2 Å². The van der Waals surface area contributed by atoms with E-state index in [1.165, 1.54) is 11.1 Å². The summed E-state index contributed by atoms with van der Waals surface area (Å²) in [5.74, 6) is 0.854. The SMILES string of the molecule is CN=C(NCCN(C(C)C)C(C)C)NCc1ccccc1CN(C)C.I. The molecule has 0 saturated heterocycles. The molecule has 1 aromatic rings. The Labute approximate surface area is 177 Å². The van der Waals surface area contributed by atoms with Gasteiger partial charge in [-0.25, -0.2) is 0 Å². The van der Waals surface area contributed by atoms with Crippen molar-refractivity contribution in [2.24, 2.45) is 4.99 Å². The van der Waals surface area contributed by atoms with Crippen molar-refractivity contribution in [1.82, 2.24) is 20.4 Å². The Kier molecular flexibility index (Phi) is 12.9. The van der Waals surface area contributed by atoms with Crippen molar-refractivity contribution in [2.45, 2.75) is 52.9 Å². The molecule has 0 bridgehead atoms. The summed E-state index contributed by atoms with van der Waals surface area (Å²) in [7, 11) is 6.02. The van der Waals surface area contributed by atoms with E-state index in [1.54, 1.807) is 0 Å². The molecule has 0 radical (unpaired) electrons. The van der Waals surface area contributed by atoms with Crippen LogP contribution in [0, 0.1) is 0 Å². The second-order valence-corrected chi connectivity index (χ2v) is 7.28. The van der Waals surface area contributed by atoms with Crippen molar-refractivity contribution in [3.8, 4) is 0 Å². The molecule has 1 aromatic carbocycles. The first kappa shape index (κ1) is 25.1. The summed E-state index contributed by atoms with van der Waals surface area (Å²) in [4.78, 5) is 9.02. The molecule has 0 unspecified atom stereocenters. The van der Waals surface area contributed by atoms with E-state index in [0.29, 0.717) is 12.1 Å². The number of nitrogens with one attached hydrogen (secondary N) is 2. The van der Waals surface area contributed by atoms with Gasteiger partial charge in [0, 0.05) is 45.3 Å². The molecule has 6 heteroatoms. The number of rotatable bonds is 9. The summed E-state index contributed by atoms with van der Waals surface area (Å²) in [6, 6.07) is 9.66. The zero-order valence-corrected chi connectivity index (χ0v) is 19.9. The highest BCUT2D eigenvalue weighted by Gasteiger charge is 2.12. The number of benzene rings is 1. The molecule has 0 fully saturated rings. The van der Waals surface area contributed by atoms with Crippen LogP contribution in [-0.2, 0) is 13.1 Å². The first-order chi connectivity index (χ1) is 11.8. The molecule has 0 atom stereocenters. The topological polar surface area (TPSA) is 42.9 Å². The molecular formula is C20H38IN5. The Bertz CT molecular complexity index is 521. The minimum Gasteiger partial charge on any atom is -0.355 e. The van der Waals surface area contributed by atoms with E-state index in [-0.39, 0.29) is 24.0 Å². The first-order valence-corrected chi connectivity index (χ1v) is 9.27. The van der Waals surface area contributed by atoms with Crippen molar-refractivity contribution < 1.29 is 0 Å². The normalized spacial score (nSPS) is 12.0. The van der Waals surface area contributed by atoms with Crippen molar-refractivity contribution in [3.05, 3.63) is 35.4 Å². The van der Waals surface area contributed by atoms with E-state index >= 15 is 0 Å². The maximum atomic E-state index is 4.35. The molecule has 0 amide bonds. The maximum Gasteiger partial charge on any atom is 0.191 e. The molecule has 0 heterocycles. The van der Waals surface area contributed by atoms with Crippen molar-refractivity contribution in [1.29, 1.82) is 0 Å². The van der Waals surface area contributed by atoms with Gasteiger partial charge in [-0.05, 0) is 52.9 Å². The van der Waals surface area contributed by atoms with Crippen LogP contribution in [-0.4, -0.2) is 62.1 Å². The minimum atomic E-state index is 0. The fourth-order valence-corrected chi connectivity index (χ4v) is 3.04. The van der Waals surface area contributed by atoms with E-state index in [1.807, 2.05) is 7.05 Å². The van der Waals surface area contributed by atoms with Crippen LogP contribution in [0.15, 0.2) is 29.3 Å². The van der Waals surface area contributed by atoms with E-state index in [9.17, 15) is 0 Å². The average molecular weight is 475 g/mol. The average Bonchev–Trinajstić information content (AvgIpc) is 2.54. The van der Waals surface area contributed by atoms with Gasteiger partial charge >= 0.3 is 0 Å². The van der Waals surface area contributed by atoms with Crippen LogP contribution in [0.3, 0.4) is 0 Å². The second kappa shape index (κ2) is 13.3. The molecule has 0 spiro atoms. The highest BCUT2D eigenvalue weighted by Crippen LogP contribution is 2.10. The number of halogens is 1. The van der Waals surface area contributed by atoms with Crippen molar-refractivity contribution in [3.63, 3.8) is 0 Å². The third kappa shape index (κ3) is 9.19. The predicted molar refractivity (Wildman–Crippen MR) is 124 cm³/mol. The van der Waals surface area contributed by atoms with Gasteiger partial charge in [0.2, 0.25) is 0 Å². The van der Waals surface area contributed by atoms with Crippen LogP contribution in [0.2, 0.25) is 0 Å². The molecule has 0 aromatic heterocycles. The monoisotopic (exact) mass is 475 g/mol. The predicted octanol–water partition coefficient (Wildman–Crippen LogP) is 3.15. The third-order valence-corrected chi connectivity index (χ3v) is 4.26. The summed E-state index contributed by atoms with van der Waals surface area (Å²) in [6.45, 7) is 12.6. The van der Waals surface area contributed by atoms with Crippen molar-refractivity contribution >= 4 is 29.9 Å². The summed E-state index contributed by atoms with van der Waals surface area (Å²) in [5.41, 5.74) is 2.66. The quantitative estimate of drug-likeness (QED) is 0.327. The lowest BCUT2D eigenvalue weighted by atomic mass is 10.1. The van der Waals surface area contributed by atoms with Crippen LogP contribution in [0.25, 0.3) is 0 Å². The lowest BCUT2D eigenvalue weighted by Gasteiger charge is -2.30. The van der Waals surface area contributed by atoms with E-state index < -0.39 is 0 Å². The van der Waals surface area contributed by atoms with Gasteiger partial charge in [0.25, 0.3) is 0 Å². The van der Waals surface area contributed by atoms with Gasteiger partial charge in [0.05, 0.1) is 0 Å². The van der Waals surface area contributed by atoms with Gasteiger partial charge in [-0.3, -0.25) is 9.89 Å². The zero-order valence-electron chi connectivity index (χ0n) is 17.5. The van der Waals surface area contributed by atoms with Gasteiger partial charge in [0.1, 0.15) is 0 Å². The Hall–Kier alpha value is -0.860. The highest BCUT2D eigenvalue weighted by molar-refractivity contribution is 14.0. The first-order valence-electron chi connectivity index (χ1n) is 9.27. The number of hydrogen-bond donors (Lipinski definition) is 2. The Balaban J connectivity index is 0.00000625. The molecule has 2 N–H and O–H groups in total. The largest absolute Gasteiger partial charge is 0.355 e. The Morgan fingerprint density at radius 3 is 2.08 bits per heavy atom. The van der Waals surface area contributed by atoms with E-state index in [4.69, 9.17) is 0 Å². The van der Waals surface area contributed by atoms with Crippen LogP contribution in [0.1, 0.15) is 38.8 Å². The highest BCUT2D eigenvalue weighted by atomic mass is 127. The smallest absolute Gasteiger partial charge is 0.191 e. The molecule has 0 aliphatic heterocycles. The lowest BCUT2D eigenvalue weighted by Crippen LogP contribution is -2.45. The van der Waals surface area contributed by atoms with Crippen LogP contribution in [0.4, 0.5) is 0 Å². The van der Waals surface area contributed by atoms with Gasteiger partial charge in [0.15, 0.2) is 5.96 Å². The van der Waals surface area contributed by atoms with Crippen LogP contribution in [0.5, 0.6) is 0 Å². The minimum absolute atomic E-state index is 0.